The first-order valence-corrected chi connectivity index (χ1v) is 13.7. The van der Waals surface area contributed by atoms with Gasteiger partial charge in [-0.3, -0.25) is 14.4 Å². The highest BCUT2D eigenvalue weighted by atomic mass is 19.1. The molecule has 0 spiro atoms. The highest BCUT2D eigenvalue weighted by molar-refractivity contribution is 5.99. The maximum absolute atomic E-state index is 14.8. The van der Waals surface area contributed by atoms with Gasteiger partial charge in [0.25, 0.3) is 0 Å². The van der Waals surface area contributed by atoms with Crippen LogP contribution in [0, 0.1) is 5.92 Å². The van der Waals surface area contributed by atoms with Crippen molar-refractivity contribution in [2.24, 2.45) is 11.7 Å². The molecular formula is C28H36FN3O4. The molecule has 5 aliphatic rings. The van der Waals surface area contributed by atoms with Gasteiger partial charge in [-0.1, -0.05) is 25.0 Å². The van der Waals surface area contributed by atoms with E-state index in [0.29, 0.717) is 17.0 Å². The summed E-state index contributed by atoms with van der Waals surface area (Å²) in [5.41, 5.74) is 7.98. The number of ether oxygens (including phenoxy) is 1. The second-order valence-electron chi connectivity index (χ2n) is 11.5. The summed E-state index contributed by atoms with van der Waals surface area (Å²) in [4.78, 5) is 43.2. The number of primary amides is 1. The van der Waals surface area contributed by atoms with Gasteiger partial charge in [0.2, 0.25) is 11.8 Å². The molecule has 6 rings (SSSR count). The number of hydrogen-bond donors (Lipinski definition) is 1. The van der Waals surface area contributed by atoms with Crippen molar-refractivity contribution in [1.82, 2.24) is 9.80 Å². The summed E-state index contributed by atoms with van der Waals surface area (Å²) in [6.07, 6.45) is 6.21. The zero-order chi connectivity index (χ0) is 25.0. The summed E-state index contributed by atoms with van der Waals surface area (Å²) in [6, 6.07) is 5.70. The van der Waals surface area contributed by atoms with E-state index in [1.807, 2.05) is 12.1 Å². The van der Waals surface area contributed by atoms with Gasteiger partial charge in [-0.25, -0.2) is 4.39 Å². The summed E-state index contributed by atoms with van der Waals surface area (Å²) >= 11 is 0. The summed E-state index contributed by atoms with van der Waals surface area (Å²) in [5.74, 6) is -1.27. The normalized spacial score (nSPS) is 30.6. The van der Waals surface area contributed by atoms with Gasteiger partial charge >= 0.3 is 0 Å². The van der Waals surface area contributed by atoms with Crippen molar-refractivity contribution in [2.75, 3.05) is 26.2 Å². The van der Waals surface area contributed by atoms with Gasteiger partial charge in [-0.15, -0.1) is 0 Å². The van der Waals surface area contributed by atoms with Crippen LogP contribution in [0.15, 0.2) is 18.2 Å². The van der Waals surface area contributed by atoms with E-state index < -0.39 is 30.1 Å². The molecule has 0 radical (unpaired) electrons. The number of rotatable bonds is 6. The lowest BCUT2D eigenvalue weighted by molar-refractivity contribution is -0.138. The van der Waals surface area contributed by atoms with Crippen molar-refractivity contribution >= 4 is 17.6 Å². The standard InChI is InChI=1S/C28H36FN3O4/c29-22-14-32(25-23(33)15-36-26(22)25)28(35)24(17-3-1-2-4-17)21-13-18(5-8-20(21)27(30)34)16-9-11-31(12-10-16)19-6-7-19/h5,8,13,16-17,19,22,24-26H,1-4,6-7,9-12,14-15H2,(H2,30,34)/t22-,24-,25+,26+/m0/s1. The number of likely N-dealkylation sites (tertiary alicyclic amines) is 2. The number of nitrogens with two attached hydrogens (primary N) is 1. The Labute approximate surface area is 211 Å². The van der Waals surface area contributed by atoms with Crippen LogP contribution >= 0.6 is 0 Å². The van der Waals surface area contributed by atoms with Crippen LogP contribution in [0.5, 0.6) is 0 Å². The van der Waals surface area contributed by atoms with Gasteiger partial charge in [0.1, 0.15) is 24.9 Å². The van der Waals surface area contributed by atoms with Crippen LogP contribution in [-0.4, -0.2) is 78.0 Å². The summed E-state index contributed by atoms with van der Waals surface area (Å²) in [7, 11) is 0. The lowest BCUT2D eigenvalue weighted by atomic mass is 9.78. The van der Waals surface area contributed by atoms with Crippen LogP contribution in [0.2, 0.25) is 0 Å². The number of hydrogen-bond acceptors (Lipinski definition) is 5. The Morgan fingerprint density at radius 1 is 1.06 bits per heavy atom. The van der Waals surface area contributed by atoms with Gasteiger partial charge in [0, 0.05) is 11.6 Å². The van der Waals surface area contributed by atoms with E-state index in [1.54, 1.807) is 6.07 Å². The molecule has 4 atom stereocenters. The van der Waals surface area contributed by atoms with Crippen molar-refractivity contribution in [1.29, 1.82) is 0 Å². The molecule has 3 heterocycles. The van der Waals surface area contributed by atoms with Gasteiger partial charge in [0.15, 0.2) is 5.78 Å². The molecule has 2 aliphatic carbocycles. The van der Waals surface area contributed by atoms with E-state index in [1.165, 1.54) is 17.7 Å². The second-order valence-corrected chi connectivity index (χ2v) is 11.5. The Hall–Kier alpha value is -2.32. The predicted octanol–water partition coefficient (Wildman–Crippen LogP) is 2.92. The smallest absolute Gasteiger partial charge is 0.249 e. The summed E-state index contributed by atoms with van der Waals surface area (Å²) in [5, 5.41) is 0. The molecule has 36 heavy (non-hydrogen) atoms. The first kappa shape index (κ1) is 24.0. The number of alkyl halides is 1. The Balaban J connectivity index is 1.34. The average molecular weight is 498 g/mol. The second kappa shape index (κ2) is 9.53. The van der Waals surface area contributed by atoms with Crippen LogP contribution in [0.3, 0.4) is 0 Å². The minimum absolute atomic E-state index is 0.0390. The Bertz CT molecular complexity index is 1050. The molecule has 2 amide bonds. The minimum atomic E-state index is -1.38. The quantitative estimate of drug-likeness (QED) is 0.653. The van der Waals surface area contributed by atoms with Crippen molar-refractivity contribution in [3.8, 4) is 0 Å². The van der Waals surface area contributed by atoms with Crippen LogP contribution in [0.25, 0.3) is 0 Å². The van der Waals surface area contributed by atoms with Crippen LogP contribution in [0.4, 0.5) is 4.39 Å². The summed E-state index contributed by atoms with van der Waals surface area (Å²) in [6.45, 7) is 1.84. The molecule has 0 unspecified atom stereocenters. The van der Waals surface area contributed by atoms with Crippen molar-refractivity contribution in [3.63, 3.8) is 0 Å². The number of halogens is 1. The monoisotopic (exact) mass is 497 g/mol. The number of nitrogens with zero attached hydrogens (tertiary/aromatic N) is 2. The molecule has 194 valence electrons. The largest absolute Gasteiger partial charge is 0.366 e. The molecule has 3 aliphatic heterocycles. The minimum Gasteiger partial charge on any atom is -0.366 e. The SMILES string of the molecule is NC(=O)c1ccc(C2CCN(C3CC3)CC2)cc1[C@@H](C(=O)N1C[C@H](F)[C@H]2OCC(=O)[C@H]21)C1CCCC1. The molecule has 3 saturated heterocycles. The fourth-order valence-electron chi connectivity index (χ4n) is 7.24. The molecule has 1 aromatic rings. The lowest BCUT2D eigenvalue weighted by Gasteiger charge is -2.34. The molecular weight excluding hydrogens is 461 g/mol. The topological polar surface area (TPSA) is 92.9 Å². The maximum Gasteiger partial charge on any atom is 0.249 e. The van der Waals surface area contributed by atoms with Crippen molar-refractivity contribution in [2.45, 2.75) is 87.6 Å². The third-order valence-electron chi connectivity index (χ3n) is 9.28. The van der Waals surface area contributed by atoms with E-state index >= 15 is 0 Å². The van der Waals surface area contributed by atoms with Crippen LogP contribution in [0.1, 0.15) is 84.7 Å². The number of benzene rings is 1. The molecule has 0 bridgehead atoms. The number of carbonyl (C=O) groups excluding carboxylic acids is 3. The van der Waals surface area contributed by atoms with E-state index in [2.05, 4.69) is 4.90 Å². The van der Waals surface area contributed by atoms with Crippen molar-refractivity contribution < 1.29 is 23.5 Å². The molecule has 2 N–H and O–H groups in total. The summed E-state index contributed by atoms with van der Waals surface area (Å²) < 4.78 is 20.2. The van der Waals surface area contributed by atoms with E-state index in [0.717, 1.165) is 63.2 Å². The zero-order valence-corrected chi connectivity index (χ0v) is 20.7. The number of carbonyl (C=O) groups is 3. The number of amides is 2. The van der Waals surface area contributed by atoms with Gasteiger partial charge in [-0.2, -0.15) is 0 Å². The van der Waals surface area contributed by atoms with E-state index in [9.17, 15) is 18.8 Å². The van der Waals surface area contributed by atoms with Crippen LogP contribution in [-0.2, 0) is 14.3 Å². The molecule has 2 saturated carbocycles. The highest BCUT2D eigenvalue weighted by Gasteiger charge is 2.54. The Morgan fingerprint density at radius 2 is 1.78 bits per heavy atom. The van der Waals surface area contributed by atoms with Crippen LogP contribution < -0.4 is 5.73 Å². The molecule has 1 aromatic carbocycles. The Morgan fingerprint density at radius 3 is 2.44 bits per heavy atom. The van der Waals surface area contributed by atoms with E-state index in [4.69, 9.17) is 10.5 Å². The number of Topliss-reactive ketones (excluding diaryl/α,β-unsaturated/α-hetero) is 1. The lowest BCUT2D eigenvalue weighted by Crippen LogP contribution is -2.45. The van der Waals surface area contributed by atoms with Gasteiger partial charge in [-0.05, 0) is 80.6 Å². The number of piperidine rings is 1. The first-order valence-electron chi connectivity index (χ1n) is 13.7. The number of ketones is 1. The Kier molecular flexibility index (Phi) is 6.36. The maximum atomic E-state index is 14.8. The molecule has 5 fully saturated rings. The van der Waals surface area contributed by atoms with Gasteiger partial charge < -0.3 is 20.3 Å². The molecule has 0 aromatic heterocycles. The molecule has 8 heteroatoms. The predicted molar refractivity (Wildman–Crippen MR) is 131 cm³/mol. The van der Waals surface area contributed by atoms with Crippen molar-refractivity contribution in [3.05, 3.63) is 34.9 Å². The molecule has 7 nitrogen and oxygen atoms in total. The third kappa shape index (κ3) is 4.26. The zero-order valence-electron chi connectivity index (χ0n) is 20.7. The number of fused-ring (bicyclic) bond motifs is 1. The third-order valence-corrected chi connectivity index (χ3v) is 9.28. The van der Waals surface area contributed by atoms with Gasteiger partial charge in [0.05, 0.1) is 12.5 Å². The fraction of sp³-hybridized carbons (Fsp3) is 0.679. The highest BCUT2D eigenvalue weighted by Crippen LogP contribution is 2.43. The fourth-order valence-corrected chi connectivity index (χ4v) is 7.24. The average Bonchev–Trinajstić information content (AvgIpc) is 3.28. The first-order chi connectivity index (χ1) is 17.4. The van der Waals surface area contributed by atoms with E-state index in [-0.39, 0.29) is 30.8 Å².